The topological polar surface area (TPSA) is 35.9 Å². The van der Waals surface area contributed by atoms with Gasteiger partial charge in [-0.05, 0) is 66.6 Å². The zero-order valence-corrected chi connectivity index (χ0v) is 20.7. The minimum atomic E-state index is -0.0442. The van der Waals surface area contributed by atoms with Gasteiger partial charge in [0.2, 0.25) is 0 Å². The molecule has 2 aliphatic rings. The second kappa shape index (κ2) is 9.29. The monoisotopic (exact) mass is 491 g/mol. The molecule has 3 aromatic rings. The van der Waals surface area contributed by atoms with E-state index in [0.29, 0.717) is 21.6 Å². The van der Waals surface area contributed by atoms with Crippen molar-refractivity contribution < 1.29 is 4.79 Å². The van der Waals surface area contributed by atoms with E-state index in [9.17, 15) is 4.79 Å². The summed E-state index contributed by atoms with van der Waals surface area (Å²) in [6.45, 7) is 2.65. The summed E-state index contributed by atoms with van der Waals surface area (Å²) in [5.74, 6) is -0.0442. The first-order valence-corrected chi connectivity index (χ1v) is 12.6. The molecule has 7 heteroatoms. The van der Waals surface area contributed by atoms with Gasteiger partial charge < -0.3 is 4.90 Å². The number of fused-ring (bicyclic) bond motifs is 1. The number of rotatable bonds is 4. The van der Waals surface area contributed by atoms with Crippen LogP contribution in [-0.2, 0) is 11.2 Å². The van der Waals surface area contributed by atoms with Gasteiger partial charge in [-0.3, -0.25) is 14.7 Å². The highest BCUT2D eigenvalue weighted by molar-refractivity contribution is 8.20. The Morgan fingerprint density at radius 2 is 1.79 bits per heavy atom. The standard InChI is InChI=1S/C26H22ClN3OS2/c1-17-7-6-10-20(15-17)30-24(31)23(25-29(2)21-16-19(27)11-12-22(21)32-25)33-26(30)28-14-13-18-8-4-3-5-9-18/h3-12,15-16H,13-14H2,1-2H3/b25-23-,28-26?. The molecule has 0 saturated carbocycles. The molecule has 0 radical (unpaired) electrons. The number of nitrogens with zero attached hydrogens (tertiary/aromatic N) is 3. The predicted molar refractivity (Wildman–Crippen MR) is 141 cm³/mol. The molecular weight excluding hydrogens is 470 g/mol. The maximum atomic E-state index is 13.7. The number of anilines is 2. The van der Waals surface area contributed by atoms with Gasteiger partial charge in [-0.15, -0.1) is 0 Å². The Morgan fingerprint density at radius 1 is 0.970 bits per heavy atom. The van der Waals surface area contributed by atoms with Gasteiger partial charge in [0.15, 0.2) is 5.17 Å². The van der Waals surface area contributed by atoms with E-state index in [0.717, 1.165) is 33.3 Å². The molecule has 0 bridgehead atoms. The van der Waals surface area contributed by atoms with Crippen molar-refractivity contribution in [2.75, 3.05) is 23.4 Å². The number of hydrogen-bond acceptors (Lipinski definition) is 5. The third kappa shape index (κ3) is 4.43. The highest BCUT2D eigenvalue weighted by Crippen LogP contribution is 2.51. The molecule has 0 N–H and O–H groups in total. The number of aryl methyl sites for hydroxylation is 1. The van der Waals surface area contributed by atoms with Crippen molar-refractivity contribution in [3.8, 4) is 0 Å². The summed E-state index contributed by atoms with van der Waals surface area (Å²) in [7, 11) is 1.98. The van der Waals surface area contributed by atoms with E-state index in [-0.39, 0.29) is 5.91 Å². The summed E-state index contributed by atoms with van der Waals surface area (Å²) in [5.41, 5.74) is 4.19. The van der Waals surface area contributed by atoms with Crippen LogP contribution in [0.25, 0.3) is 0 Å². The molecule has 2 aliphatic heterocycles. The Kier molecular flexibility index (Phi) is 6.23. The van der Waals surface area contributed by atoms with Crippen molar-refractivity contribution in [1.82, 2.24) is 0 Å². The molecule has 0 aromatic heterocycles. The quantitative estimate of drug-likeness (QED) is 0.379. The number of amides is 1. The van der Waals surface area contributed by atoms with E-state index in [4.69, 9.17) is 16.6 Å². The third-order valence-electron chi connectivity index (χ3n) is 5.52. The maximum absolute atomic E-state index is 13.7. The van der Waals surface area contributed by atoms with Crippen molar-refractivity contribution in [3.05, 3.63) is 98.9 Å². The Labute approximate surface area is 207 Å². The van der Waals surface area contributed by atoms with E-state index < -0.39 is 0 Å². The fraction of sp³-hybridized carbons (Fsp3) is 0.154. The van der Waals surface area contributed by atoms with Crippen molar-refractivity contribution in [1.29, 1.82) is 0 Å². The lowest BCUT2D eigenvalue weighted by molar-refractivity contribution is -0.113. The van der Waals surface area contributed by atoms with Crippen molar-refractivity contribution in [2.24, 2.45) is 4.99 Å². The van der Waals surface area contributed by atoms with Crippen molar-refractivity contribution in [3.63, 3.8) is 0 Å². The van der Waals surface area contributed by atoms with Crippen LogP contribution in [0.2, 0.25) is 5.02 Å². The Bertz CT molecular complexity index is 1290. The number of carbonyl (C=O) groups is 1. The van der Waals surface area contributed by atoms with Gasteiger partial charge in [0.25, 0.3) is 5.91 Å². The predicted octanol–water partition coefficient (Wildman–Crippen LogP) is 6.74. The fourth-order valence-electron chi connectivity index (χ4n) is 3.85. The zero-order chi connectivity index (χ0) is 22.9. The average Bonchev–Trinajstić information content (AvgIpc) is 3.30. The second-order valence-electron chi connectivity index (χ2n) is 7.89. The molecule has 0 unspecified atom stereocenters. The number of thioether (sulfide) groups is 2. The van der Waals surface area contributed by atoms with Crippen LogP contribution >= 0.6 is 35.1 Å². The van der Waals surface area contributed by atoms with E-state index in [1.165, 1.54) is 17.3 Å². The van der Waals surface area contributed by atoms with E-state index in [1.807, 2.05) is 79.5 Å². The molecular formula is C26H22ClN3OS2. The van der Waals surface area contributed by atoms with Crippen LogP contribution in [0.3, 0.4) is 0 Å². The first-order chi connectivity index (χ1) is 16.0. The normalized spacial score (nSPS) is 19.0. The Morgan fingerprint density at radius 3 is 2.58 bits per heavy atom. The molecule has 1 fully saturated rings. The smallest absolute Gasteiger partial charge is 0.274 e. The molecule has 166 valence electrons. The highest BCUT2D eigenvalue weighted by Gasteiger charge is 2.40. The van der Waals surface area contributed by atoms with E-state index in [2.05, 4.69) is 12.1 Å². The zero-order valence-electron chi connectivity index (χ0n) is 18.3. The number of benzene rings is 3. The molecule has 1 amide bonds. The lowest BCUT2D eigenvalue weighted by Crippen LogP contribution is -2.29. The summed E-state index contributed by atoms with van der Waals surface area (Å²) in [5, 5.41) is 2.31. The fourth-order valence-corrected chi connectivity index (χ4v) is 6.34. The summed E-state index contributed by atoms with van der Waals surface area (Å²) in [6.07, 6.45) is 0.825. The molecule has 5 rings (SSSR count). The molecule has 1 saturated heterocycles. The maximum Gasteiger partial charge on any atom is 0.274 e. The van der Waals surface area contributed by atoms with Crippen LogP contribution in [0, 0.1) is 6.92 Å². The van der Waals surface area contributed by atoms with Crippen LogP contribution in [0.1, 0.15) is 11.1 Å². The van der Waals surface area contributed by atoms with Crippen LogP contribution in [-0.4, -0.2) is 24.7 Å². The number of amidine groups is 1. The van der Waals surface area contributed by atoms with Gasteiger partial charge in [-0.2, -0.15) is 0 Å². The van der Waals surface area contributed by atoms with Crippen LogP contribution in [0.4, 0.5) is 11.4 Å². The van der Waals surface area contributed by atoms with Gasteiger partial charge in [0, 0.05) is 23.5 Å². The minimum Gasteiger partial charge on any atom is -0.337 e. The van der Waals surface area contributed by atoms with Crippen LogP contribution in [0.15, 0.2) is 92.6 Å². The van der Waals surface area contributed by atoms with Gasteiger partial charge in [-0.1, -0.05) is 65.8 Å². The SMILES string of the molecule is Cc1cccc(N2C(=O)/C(=C3/Sc4ccc(Cl)cc4N3C)SC2=NCCc2ccccc2)c1. The summed E-state index contributed by atoms with van der Waals surface area (Å²) in [6, 6.07) is 24.1. The Balaban J connectivity index is 1.50. The molecule has 0 atom stereocenters. The molecule has 3 aromatic carbocycles. The average molecular weight is 492 g/mol. The number of aliphatic imine (C=N–C) groups is 1. The van der Waals surface area contributed by atoms with Gasteiger partial charge in [0.1, 0.15) is 4.91 Å². The minimum absolute atomic E-state index is 0.0442. The van der Waals surface area contributed by atoms with Gasteiger partial charge in [-0.25, -0.2) is 0 Å². The second-order valence-corrected chi connectivity index (χ2v) is 10.3. The molecule has 33 heavy (non-hydrogen) atoms. The Hall–Kier alpha value is -2.67. The molecule has 0 spiro atoms. The summed E-state index contributed by atoms with van der Waals surface area (Å²) >= 11 is 9.27. The summed E-state index contributed by atoms with van der Waals surface area (Å²) in [4.78, 5) is 24.2. The largest absolute Gasteiger partial charge is 0.337 e. The van der Waals surface area contributed by atoms with E-state index in [1.54, 1.807) is 16.7 Å². The molecule has 0 aliphatic carbocycles. The van der Waals surface area contributed by atoms with Gasteiger partial charge in [0.05, 0.1) is 16.4 Å². The third-order valence-corrected chi connectivity index (χ3v) is 8.19. The van der Waals surface area contributed by atoms with Crippen LogP contribution in [0.5, 0.6) is 0 Å². The lowest BCUT2D eigenvalue weighted by Gasteiger charge is -2.17. The number of halogens is 1. The summed E-state index contributed by atoms with van der Waals surface area (Å²) < 4.78 is 0. The van der Waals surface area contributed by atoms with Crippen LogP contribution < -0.4 is 9.80 Å². The number of carbonyl (C=O) groups excluding carboxylic acids is 1. The lowest BCUT2D eigenvalue weighted by atomic mass is 10.2. The first kappa shape index (κ1) is 22.1. The van der Waals surface area contributed by atoms with E-state index >= 15 is 0 Å². The molecule has 2 heterocycles. The highest BCUT2D eigenvalue weighted by atomic mass is 35.5. The molecule has 4 nitrogen and oxygen atoms in total. The number of hydrogen-bond donors (Lipinski definition) is 0. The van der Waals surface area contributed by atoms with Gasteiger partial charge >= 0.3 is 0 Å². The first-order valence-electron chi connectivity index (χ1n) is 10.6. The van der Waals surface area contributed by atoms with Crippen molar-refractivity contribution >= 4 is 57.6 Å². The van der Waals surface area contributed by atoms with Crippen molar-refractivity contribution in [2.45, 2.75) is 18.2 Å².